The van der Waals surface area contributed by atoms with Crippen molar-refractivity contribution < 1.29 is 4.79 Å². The lowest BCUT2D eigenvalue weighted by Crippen LogP contribution is -2.30. The van der Waals surface area contributed by atoms with Crippen LogP contribution in [-0.2, 0) is 11.2 Å². The van der Waals surface area contributed by atoms with Crippen molar-refractivity contribution in [3.8, 4) is 0 Å². The molecule has 0 unspecified atom stereocenters. The highest BCUT2D eigenvalue weighted by Crippen LogP contribution is 2.07. The quantitative estimate of drug-likeness (QED) is 0.753. The maximum atomic E-state index is 11.2. The molecule has 3 N–H and O–H groups in total. The van der Waals surface area contributed by atoms with E-state index < -0.39 is 0 Å². The van der Waals surface area contributed by atoms with Gasteiger partial charge in [-0.1, -0.05) is 12.1 Å². The number of nitrogen functional groups attached to an aromatic ring is 1. The molecule has 0 bridgehead atoms. The molecule has 0 radical (unpaired) electrons. The smallest absolute Gasteiger partial charge is 0.221 e. The van der Waals surface area contributed by atoms with Crippen molar-refractivity contribution in [1.82, 2.24) is 10.2 Å². The van der Waals surface area contributed by atoms with Crippen LogP contribution in [0.15, 0.2) is 24.3 Å². The number of nitrogens with zero attached hydrogens (tertiary/aromatic N) is 1. The van der Waals surface area contributed by atoms with Crippen LogP contribution in [0.3, 0.4) is 0 Å². The van der Waals surface area contributed by atoms with Crippen LogP contribution in [0, 0.1) is 0 Å². The fraction of sp³-hybridized carbons (Fsp3) is 0.462. The first kappa shape index (κ1) is 11.9. The number of amides is 1. The molecule has 0 aromatic heterocycles. The van der Waals surface area contributed by atoms with E-state index in [2.05, 4.69) is 22.3 Å². The van der Waals surface area contributed by atoms with Crippen molar-refractivity contribution in [3.63, 3.8) is 0 Å². The summed E-state index contributed by atoms with van der Waals surface area (Å²) >= 11 is 0. The molecular formula is C13H19N3O. The summed E-state index contributed by atoms with van der Waals surface area (Å²) in [6.07, 6.45) is 1.62. The average Bonchev–Trinajstić information content (AvgIpc) is 2.54. The molecule has 92 valence electrons. The van der Waals surface area contributed by atoms with Crippen molar-refractivity contribution in [2.45, 2.75) is 12.8 Å². The molecule has 0 saturated carbocycles. The molecule has 1 saturated heterocycles. The van der Waals surface area contributed by atoms with Crippen LogP contribution in [0.25, 0.3) is 0 Å². The molecule has 1 aliphatic rings. The Labute approximate surface area is 102 Å². The second-order valence-corrected chi connectivity index (χ2v) is 4.43. The molecule has 1 fully saturated rings. The van der Waals surface area contributed by atoms with Crippen molar-refractivity contribution in [2.24, 2.45) is 0 Å². The van der Waals surface area contributed by atoms with E-state index in [0.29, 0.717) is 6.42 Å². The monoisotopic (exact) mass is 233 g/mol. The number of hydrogen-bond acceptors (Lipinski definition) is 3. The van der Waals surface area contributed by atoms with E-state index in [0.717, 1.165) is 38.3 Å². The van der Waals surface area contributed by atoms with E-state index in [9.17, 15) is 4.79 Å². The zero-order valence-electron chi connectivity index (χ0n) is 9.98. The van der Waals surface area contributed by atoms with Crippen LogP contribution in [0.1, 0.15) is 12.0 Å². The highest BCUT2D eigenvalue weighted by Gasteiger charge is 2.12. The summed E-state index contributed by atoms with van der Waals surface area (Å²) in [5.74, 6) is 0.167. The van der Waals surface area contributed by atoms with E-state index in [4.69, 9.17) is 5.73 Å². The van der Waals surface area contributed by atoms with Gasteiger partial charge in [0.05, 0.1) is 0 Å². The van der Waals surface area contributed by atoms with E-state index in [-0.39, 0.29) is 5.91 Å². The Balaban J connectivity index is 1.81. The highest BCUT2D eigenvalue weighted by atomic mass is 16.1. The van der Waals surface area contributed by atoms with Gasteiger partial charge in [0.1, 0.15) is 0 Å². The van der Waals surface area contributed by atoms with Crippen LogP contribution in [-0.4, -0.2) is 37.0 Å². The van der Waals surface area contributed by atoms with Gasteiger partial charge in [-0.05, 0) is 24.1 Å². The Kier molecular flexibility index (Phi) is 3.98. The van der Waals surface area contributed by atoms with Gasteiger partial charge in [0.25, 0.3) is 0 Å². The van der Waals surface area contributed by atoms with Crippen LogP contribution in [0.2, 0.25) is 0 Å². The number of carbonyl (C=O) groups excluding carboxylic acids is 1. The van der Waals surface area contributed by atoms with E-state index in [1.54, 1.807) is 0 Å². The first-order valence-corrected chi connectivity index (χ1v) is 6.07. The topological polar surface area (TPSA) is 58.4 Å². The summed E-state index contributed by atoms with van der Waals surface area (Å²) in [6, 6.07) is 8.00. The van der Waals surface area contributed by atoms with Gasteiger partial charge < -0.3 is 16.0 Å². The fourth-order valence-electron chi connectivity index (χ4n) is 2.01. The summed E-state index contributed by atoms with van der Waals surface area (Å²) in [7, 11) is 0. The number of benzene rings is 1. The molecule has 1 heterocycles. The lowest BCUT2D eigenvalue weighted by Gasteiger charge is -2.18. The maximum Gasteiger partial charge on any atom is 0.221 e. The van der Waals surface area contributed by atoms with Gasteiger partial charge in [0.15, 0.2) is 0 Å². The minimum Gasteiger partial charge on any atom is -0.399 e. The molecule has 0 atom stereocenters. The third-order valence-corrected chi connectivity index (χ3v) is 3.10. The van der Waals surface area contributed by atoms with Gasteiger partial charge in [-0.25, -0.2) is 0 Å². The Morgan fingerprint density at radius 2 is 2.00 bits per heavy atom. The second-order valence-electron chi connectivity index (χ2n) is 4.43. The highest BCUT2D eigenvalue weighted by molar-refractivity contribution is 5.76. The van der Waals surface area contributed by atoms with Crippen molar-refractivity contribution in [1.29, 1.82) is 0 Å². The Morgan fingerprint density at radius 1 is 1.24 bits per heavy atom. The van der Waals surface area contributed by atoms with Crippen molar-refractivity contribution >= 4 is 11.6 Å². The van der Waals surface area contributed by atoms with E-state index in [1.165, 1.54) is 5.56 Å². The van der Waals surface area contributed by atoms with Crippen LogP contribution < -0.4 is 11.1 Å². The zero-order valence-corrected chi connectivity index (χ0v) is 9.98. The predicted molar refractivity (Wildman–Crippen MR) is 68.6 cm³/mol. The normalized spacial score (nSPS) is 17.5. The number of hydrogen-bond donors (Lipinski definition) is 2. The van der Waals surface area contributed by atoms with Gasteiger partial charge in [0.2, 0.25) is 5.91 Å². The van der Waals surface area contributed by atoms with Crippen molar-refractivity contribution in [2.75, 3.05) is 31.9 Å². The first-order valence-electron chi connectivity index (χ1n) is 6.07. The standard InChI is InChI=1S/C13H19N3O/c14-12-3-1-11(2-4-12)5-8-16-9-6-13(17)15-7-10-16/h1-4H,5-10,14H2,(H,15,17). The fourth-order valence-corrected chi connectivity index (χ4v) is 2.01. The number of carbonyl (C=O) groups is 1. The molecule has 2 rings (SSSR count). The molecule has 17 heavy (non-hydrogen) atoms. The average molecular weight is 233 g/mol. The summed E-state index contributed by atoms with van der Waals surface area (Å²) in [6.45, 7) is 3.57. The predicted octanol–water partition coefficient (Wildman–Crippen LogP) is 0.633. The molecule has 0 spiro atoms. The third kappa shape index (κ3) is 3.75. The summed E-state index contributed by atoms with van der Waals surface area (Å²) in [5, 5.41) is 2.88. The molecule has 0 aliphatic carbocycles. The van der Waals surface area contributed by atoms with Gasteiger partial charge in [0, 0.05) is 38.3 Å². The van der Waals surface area contributed by atoms with Gasteiger partial charge in [-0.15, -0.1) is 0 Å². The van der Waals surface area contributed by atoms with Gasteiger partial charge in [-0.2, -0.15) is 0 Å². The number of nitrogens with two attached hydrogens (primary N) is 1. The third-order valence-electron chi connectivity index (χ3n) is 3.10. The van der Waals surface area contributed by atoms with Crippen LogP contribution in [0.4, 0.5) is 5.69 Å². The molecule has 1 amide bonds. The molecule has 1 aromatic rings. The Hall–Kier alpha value is -1.55. The maximum absolute atomic E-state index is 11.2. The number of anilines is 1. The van der Waals surface area contributed by atoms with Crippen LogP contribution in [0.5, 0.6) is 0 Å². The lowest BCUT2D eigenvalue weighted by atomic mass is 10.1. The van der Waals surface area contributed by atoms with E-state index in [1.807, 2.05) is 12.1 Å². The van der Waals surface area contributed by atoms with Crippen LogP contribution >= 0.6 is 0 Å². The van der Waals surface area contributed by atoms with Gasteiger partial charge in [-0.3, -0.25) is 4.79 Å². The summed E-state index contributed by atoms with van der Waals surface area (Å²) in [5.41, 5.74) is 7.74. The van der Waals surface area contributed by atoms with Gasteiger partial charge >= 0.3 is 0 Å². The Bertz CT molecular complexity index is 375. The molecule has 1 aliphatic heterocycles. The number of nitrogens with one attached hydrogen (secondary N) is 1. The largest absolute Gasteiger partial charge is 0.399 e. The molecule has 4 heteroatoms. The minimum atomic E-state index is 0.167. The first-order chi connectivity index (χ1) is 8.24. The number of rotatable bonds is 3. The Morgan fingerprint density at radius 3 is 2.76 bits per heavy atom. The minimum absolute atomic E-state index is 0.167. The molecular weight excluding hydrogens is 214 g/mol. The van der Waals surface area contributed by atoms with Crippen molar-refractivity contribution in [3.05, 3.63) is 29.8 Å². The lowest BCUT2D eigenvalue weighted by molar-refractivity contribution is -0.120. The van der Waals surface area contributed by atoms with E-state index >= 15 is 0 Å². The zero-order chi connectivity index (χ0) is 12.1. The summed E-state index contributed by atoms with van der Waals surface area (Å²) < 4.78 is 0. The SMILES string of the molecule is Nc1ccc(CCN2CCNC(=O)CC2)cc1. The summed E-state index contributed by atoms with van der Waals surface area (Å²) in [4.78, 5) is 13.5. The molecule has 1 aromatic carbocycles. The second kappa shape index (κ2) is 5.68. The molecule has 4 nitrogen and oxygen atoms in total.